The summed E-state index contributed by atoms with van der Waals surface area (Å²) in [5.41, 5.74) is 1.28. The molecule has 0 radical (unpaired) electrons. The maximum Gasteiger partial charge on any atom is 0.214 e. The molecule has 0 amide bonds. The number of benzene rings is 1. The first-order chi connectivity index (χ1) is 9.03. The van der Waals surface area contributed by atoms with Gasteiger partial charge in [0.2, 0.25) is 10.0 Å². The van der Waals surface area contributed by atoms with E-state index in [1.165, 1.54) is 10.5 Å². The second-order valence-corrected chi connectivity index (χ2v) is 7.93. The molecule has 0 aromatic heterocycles. The third kappa shape index (κ3) is 3.78. The Labute approximate surface area is 123 Å². The third-order valence-electron chi connectivity index (χ3n) is 3.59. The van der Waals surface area contributed by atoms with Crippen molar-refractivity contribution in [3.63, 3.8) is 0 Å². The van der Waals surface area contributed by atoms with Crippen LogP contribution in [-0.4, -0.2) is 44.7 Å². The summed E-state index contributed by atoms with van der Waals surface area (Å²) in [6.07, 6.45) is 0. The van der Waals surface area contributed by atoms with Crippen molar-refractivity contribution >= 4 is 26.0 Å². The zero-order valence-corrected chi connectivity index (χ0v) is 13.5. The van der Waals surface area contributed by atoms with Gasteiger partial charge in [0.15, 0.2) is 0 Å². The van der Waals surface area contributed by atoms with E-state index in [-0.39, 0.29) is 5.75 Å². The molecule has 2 rings (SSSR count). The van der Waals surface area contributed by atoms with Crippen LogP contribution in [0.25, 0.3) is 0 Å². The van der Waals surface area contributed by atoms with Crippen LogP contribution in [-0.2, 0) is 16.6 Å². The molecule has 1 aromatic carbocycles. The summed E-state index contributed by atoms with van der Waals surface area (Å²) in [5.74, 6) is 0.201. The zero-order valence-electron chi connectivity index (χ0n) is 11.1. The fourth-order valence-electron chi connectivity index (χ4n) is 2.35. The van der Waals surface area contributed by atoms with Crippen LogP contribution in [0.4, 0.5) is 0 Å². The highest BCUT2D eigenvalue weighted by Crippen LogP contribution is 2.14. The van der Waals surface area contributed by atoms with E-state index >= 15 is 0 Å². The maximum absolute atomic E-state index is 11.8. The lowest BCUT2D eigenvalue weighted by molar-refractivity contribution is -0.917. The molecule has 1 heterocycles. The minimum absolute atomic E-state index is 0.201. The molecule has 0 aliphatic carbocycles. The van der Waals surface area contributed by atoms with Gasteiger partial charge in [-0.25, -0.2) is 8.42 Å². The second-order valence-electron chi connectivity index (χ2n) is 4.82. The van der Waals surface area contributed by atoms with Crippen LogP contribution >= 0.6 is 15.9 Å². The molecular weight excluding hydrogens is 328 g/mol. The lowest BCUT2D eigenvalue weighted by Crippen LogP contribution is -3.13. The molecular formula is C13H20BrN2O2S+. The molecule has 4 nitrogen and oxygen atoms in total. The summed E-state index contributed by atoms with van der Waals surface area (Å²) in [7, 11) is -3.01. The lowest BCUT2D eigenvalue weighted by Gasteiger charge is -2.31. The van der Waals surface area contributed by atoms with E-state index < -0.39 is 10.0 Å². The number of nitrogens with zero attached hydrogens (tertiary/aromatic N) is 1. The van der Waals surface area contributed by atoms with Crippen molar-refractivity contribution in [1.29, 1.82) is 0 Å². The maximum atomic E-state index is 11.8. The van der Waals surface area contributed by atoms with Gasteiger partial charge in [0.25, 0.3) is 0 Å². The highest BCUT2D eigenvalue weighted by Gasteiger charge is 2.27. The number of sulfonamides is 1. The highest BCUT2D eigenvalue weighted by molar-refractivity contribution is 9.10. The highest BCUT2D eigenvalue weighted by atomic mass is 79.9. The summed E-state index contributed by atoms with van der Waals surface area (Å²) < 4.78 is 26.3. The van der Waals surface area contributed by atoms with Crippen LogP contribution in [0.2, 0.25) is 0 Å². The Hall–Kier alpha value is -0.430. The summed E-state index contributed by atoms with van der Waals surface area (Å²) in [5, 5.41) is 0. The molecule has 106 valence electrons. The van der Waals surface area contributed by atoms with Crippen LogP contribution in [0.1, 0.15) is 12.5 Å². The molecule has 1 fully saturated rings. The standard InChI is InChI=1S/C13H19BrN2O2S/c1-2-19(17,18)16-9-7-15(8-10-16)11-12-5-3-4-6-13(12)14/h3-6H,2,7-11H2,1H3/p+1. The largest absolute Gasteiger partial charge is 0.329 e. The average Bonchev–Trinajstić information content (AvgIpc) is 2.42. The predicted molar refractivity (Wildman–Crippen MR) is 79.6 cm³/mol. The first-order valence-corrected chi connectivity index (χ1v) is 8.98. The van der Waals surface area contributed by atoms with Crippen molar-refractivity contribution in [2.24, 2.45) is 0 Å². The topological polar surface area (TPSA) is 41.8 Å². The Balaban J connectivity index is 1.93. The molecule has 1 saturated heterocycles. The minimum Gasteiger partial charge on any atom is -0.329 e. The van der Waals surface area contributed by atoms with Crippen molar-refractivity contribution in [3.05, 3.63) is 34.3 Å². The molecule has 19 heavy (non-hydrogen) atoms. The van der Waals surface area contributed by atoms with Gasteiger partial charge in [0, 0.05) is 10.0 Å². The number of hydrogen-bond acceptors (Lipinski definition) is 2. The molecule has 6 heteroatoms. The molecule has 0 saturated carbocycles. The van der Waals surface area contributed by atoms with Gasteiger partial charge in [-0.1, -0.05) is 34.1 Å². The quantitative estimate of drug-likeness (QED) is 0.861. The van der Waals surface area contributed by atoms with Crippen LogP contribution in [0.3, 0.4) is 0 Å². The SMILES string of the molecule is CCS(=O)(=O)N1CC[NH+](Cc2ccccc2Br)CC1. The Morgan fingerprint density at radius 1 is 1.26 bits per heavy atom. The predicted octanol–water partition coefficient (Wildman–Crippen LogP) is 0.499. The second kappa shape index (κ2) is 6.35. The summed E-state index contributed by atoms with van der Waals surface area (Å²) in [6, 6.07) is 8.21. The minimum atomic E-state index is -3.01. The fourth-order valence-corrected chi connectivity index (χ4v) is 3.88. The number of rotatable bonds is 4. The fraction of sp³-hybridized carbons (Fsp3) is 0.538. The molecule has 1 aliphatic rings. The Morgan fingerprint density at radius 3 is 2.47 bits per heavy atom. The van der Waals surface area contributed by atoms with Gasteiger partial charge in [-0.3, -0.25) is 0 Å². The van der Waals surface area contributed by atoms with Gasteiger partial charge in [-0.05, 0) is 13.0 Å². The van der Waals surface area contributed by atoms with Gasteiger partial charge in [-0.2, -0.15) is 4.31 Å². The van der Waals surface area contributed by atoms with E-state index in [0.717, 1.165) is 24.1 Å². The molecule has 0 bridgehead atoms. The number of quaternary nitrogens is 1. The molecule has 0 atom stereocenters. The first kappa shape index (κ1) is 15.0. The van der Waals surface area contributed by atoms with E-state index in [1.54, 1.807) is 11.2 Å². The van der Waals surface area contributed by atoms with Crippen LogP contribution < -0.4 is 4.90 Å². The van der Waals surface area contributed by atoms with Gasteiger partial charge in [-0.15, -0.1) is 0 Å². The molecule has 0 unspecified atom stereocenters. The molecule has 1 aliphatic heterocycles. The van der Waals surface area contributed by atoms with E-state index in [1.807, 2.05) is 18.2 Å². The van der Waals surface area contributed by atoms with Gasteiger partial charge < -0.3 is 4.90 Å². The first-order valence-electron chi connectivity index (χ1n) is 6.57. The molecule has 1 aromatic rings. The smallest absolute Gasteiger partial charge is 0.214 e. The van der Waals surface area contributed by atoms with Crippen molar-refractivity contribution < 1.29 is 13.3 Å². The Kier molecular flexibility index (Phi) is 5.00. The van der Waals surface area contributed by atoms with Crippen LogP contribution in [0, 0.1) is 0 Å². The van der Waals surface area contributed by atoms with Gasteiger partial charge in [0.05, 0.1) is 31.9 Å². The average molecular weight is 348 g/mol. The normalized spacial score (nSPS) is 18.6. The zero-order chi connectivity index (χ0) is 13.9. The third-order valence-corrected chi connectivity index (χ3v) is 6.24. The van der Waals surface area contributed by atoms with E-state index in [0.29, 0.717) is 13.1 Å². The van der Waals surface area contributed by atoms with E-state index in [4.69, 9.17) is 0 Å². The summed E-state index contributed by atoms with van der Waals surface area (Å²) in [6.45, 7) is 5.67. The number of halogens is 1. The van der Waals surface area contributed by atoms with Crippen molar-refractivity contribution in [2.45, 2.75) is 13.5 Å². The summed E-state index contributed by atoms with van der Waals surface area (Å²) in [4.78, 5) is 1.44. The number of nitrogens with one attached hydrogen (secondary N) is 1. The van der Waals surface area contributed by atoms with Crippen LogP contribution in [0.5, 0.6) is 0 Å². The van der Waals surface area contributed by atoms with E-state index in [9.17, 15) is 8.42 Å². The Morgan fingerprint density at radius 2 is 1.89 bits per heavy atom. The molecule has 0 spiro atoms. The van der Waals surface area contributed by atoms with Crippen molar-refractivity contribution in [1.82, 2.24) is 4.31 Å². The van der Waals surface area contributed by atoms with E-state index in [2.05, 4.69) is 22.0 Å². The number of piperazine rings is 1. The van der Waals surface area contributed by atoms with Crippen LogP contribution in [0.15, 0.2) is 28.7 Å². The van der Waals surface area contributed by atoms with Gasteiger partial charge >= 0.3 is 0 Å². The van der Waals surface area contributed by atoms with Crippen molar-refractivity contribution in [2.75, 3.05) is 31.9 Å². The summed E-state index contributed by atoms with van der Waals surface area (Å²) >= 11 is 3.56. The molecule has 1 N–H and O–H groups in total. The Bertz CT molecular complexity index is 525. The van der Waals surface area contributed by atoms with Crippen molar-refractivity contribution in [3.8, 4) is 0 Å². The van der Waals surface area contributed by atoms with Gasteiger partial charge in [0.1, 0.15) is 6.54 Å². The lowest BCUT2D eigenvalue weighted by atomic mass is 10.2. The monoisotopic (exact) mass is 347 g/mol. The number of hydrogen-bond donors (Lipinski definition) is 1.